The molecule has 0 amide bonds. The van der Waals surface area contributed by atoms with Crippen LogP contribution >= 0.6 is 23.4 Å². The zero-order valence-electron chi connectivity index (χ0n) is 20.6. The molecule has 1 aliphatic heterocycles. The number of nitrogens with one attached hydrogen (secondary N) is 1. The predicted molar refractivity (Wildman–Crippen MR) is 134 cm³/mol. The molecule has 1 unspecified atom stereocenters. The lowest BCUT2D eigenvalue weighted by Crippen LogP contribution is -2.55. The minimum absolute atomic E-state index is 0.110. The fourth-order valence-corrected chi connectivity index (χ4v) is 5.58. The van der Waals surface area contributed by atoms with Crippen LogP contribution in [0.3, 0.4) is 0 Å². The maximum atomic E-state index is 13.7. The normalized spacial score (nSPS) is 23.8. The van der Waals surface area contributed by atoms with Crippen molar-refractivity contribution in [2.24, 2.45) is 5.92 Å². The average molecular weight is 534 g/mol. The summed E-state index contributed by atoms with van der Waals surface area (Å²) in [5, 5.41) is 7.70. The molecule has 1 saturated carbocycles. The number of hydrogen-bond acceptors (Lipinski definition) is 10. The highest BCUT2D eigenvalue weighted by Crippen LogP contribution is 2.53. The lowest BCUT2D eigenvalue weighted by molar-refractivity contribution is -0.129. The van der Waals surface area contributed by atoms with E-state index in [0.717, 1.165) is 30.8 Å². The van der Waals surface area contributed by atoms with E-state index in [1.54, 1.807) is 11.8 Å². The smallest absolute Gasteiger partial charge is 0.249 e. The number of ketones is 2. The van der Waals surface area contributed by atoms with Crippen molar-refractivity contribution in [2.45, 2.75) is 50.2 Å². The first-order valence-electron chi connectivity index (χ1n) is 11.9. The maximum Gasteiger partial charge on any atom is 0.249 e. The summed E-state index contributed by atoms with van der Waals surface area (Å²) in [5.74, 6) is 1.78. The van der Waals surface area contributed by atoms with Gasteiger partial charge < -0.3 is 24.1 Å². The van der Waals surface area contributed by atoms with Crippen LogP contribution in [0.25, 0.3) is 0 Å². The molecule has 1 spiro atoms. The third-order valence-electron chi connectivity index (χ3n) is 6.98. The Balaban J connectivity index is 1.43. The van der Waals surface area contributed by atoms with Gasteiger partial charge in [-0.3, -0.25) is 9.59 Å². The standard InChI is InChI=1S/C25H28ClN3O6S/c1-12-9-14(27-15(7-8-36-4)24-28-23(29-35-24)13-5-6-13)10-18(30)25(12)22(31)19-16(32-2)11-17(33-3)20(26)21(19)34-25/h10-13,15,27H,5-9H2,1-4H3/t12-,15?,25+/m1/s1. The van der Waals surface area contributed by atoms with E-state index in [1.165, 1.54) is 26.4 Å². The fourth-order valence-electron chi connectivity index (χ4n) is 4.84. The van der Waals surface area contributed by atoms with Crippen LogP contribution in [0, 0.1) is 5.92 Å². The minimum atomic E-state index is -1.71. The SMILES string of the molecule is COc1cc(OC)c2c(c1Cl)O[C@@]1(C(=O)C=C(NC(CCSC)c3nc(C4CC4)no3)C[C@H]1C)C2=O. The van der Waals surface area contributed by atoms with Crippen molar-refractivity contribution in [3.05, 3.63) is 40.1 Å². The second-order valence-electron chi connectivity index (χ2n) is 9.35. The first kappa shape index (κ1) is 25.0. The molecule has 2 aromatic rings. The third-order valence-corrected chi connectivity index (χ3v) is 7.98. The predicted octanol–water partition coefficient (Wildman–Crippen LogP) is 4.51. The molecule has 2 heterocycles. The van der Waals surface area contributed by atoms with E-state index < -0.39 is 23.1 Å². The molecular formula is C25H28ClN3O6S. The Hall–Kier alpha value is -2.72. The van der Waals surface area contributed by atoms with Crippen molar-refractivity contribution in [1.82, 2.24) is 15.5 Å². The molecule has 0 radical (unpaired) electrons. The molecule has 5 rings (SSSR count). The quantitative estimate of drug-likeness (QED) is 0.462. The molecule has 2 aliphatic carbocycles. The molecule has 1 aromatic carbocycles. The largest absolute Gasteiger partial charge is 0.496 e. The van der Waals surface area contributed by atoms with E-state index in [2.05, 4.69) is 15.5 Å². The van der Waals surface area contributed by atoms with Gasteiger partial charge in [0.2, 0.25) is 23.1 Å². The van der Waals surface area contributed by atoms with Gasteiger partial charge >= 0.3 is 0 Å². The van der Waals surface area contributed by atoms with E-state index >= 15 is 0 Å². The second kappa shape index (κ2) is 9.63. The number of carbonyl (C=O) groups excluding carboxylic acids is 2. The van der Waals surface area contributed by atoms with Crippen LogP contribution in [0.15, 0.2) is 22.4 Å². The number of thioether (sulfide) groups is 1. The topological polar surface area (TPSA) is 113 Å². The number of allylic oxidation sites excluding steroid dienone is 1. The summed E-state index contributed by atoms with van der Waals surface area (Å²) in [6, 6.07) is 1.28. The van der Waals surface area contributed by atoms with E-state index in [-0.39, 0.29) is 28.1 Å². The molecule has 3 atom stereocenters. The molecule has 0 bridgehead atoms. The van der Waals surface area contributed by atoms with Crippen LogP contribution in [0.5, 0.6) is 17.2 Å². The lowest BCUT2D eigenvalue weighted by atomic mass is 9.74. The minimum Gasteiger partial charge on any atom is -0.496 e. The highest BCUT2D eigenvalue weighted by Gasteiger charge is 2.60. The van der Waals surface area contributed by atoms with Gasteiger partial charge in [0, 0.05) is 29.7 Å². The molecule has 36 heavy (non-hydrogen) atoms. The number of carbonyl (C=O) groups is 2. The van der Waals surface area contributed by atoms with E-state index in [4.69, 9.17) is 30.3 Å². The number of benzene rings is 1. The van der Waals surface area contributed by atoms with E-state index in [9.17, 15) is 9.59 Å². The van der Waals surface area contributed by atoms with E-state index in [0.29, 0.717) is 29.7 Å². The van der Waals surface area contributed by atoms with Gasteiger partial charge in [0.05, 0.1) is 14.2 Å². The molecule has 1 N–H and O–H groups in total. The van der Waals surface area contributed by atoms with Crippen molar-refractivity contribution >= 4 is 34.9 Å². The summed E-state index contributed by atoms with van der Waals surface area (Å²) in [5.41, 5.74) is -0.863. The molecule has 11 heteroatoms. The molecule has 3 aliphatic rings. The summed E-state index contributed by atoms with van der Waals surface area (Å²) < 4.78 is 22.4. The Bertz CT molecular complexity index is 1240. The number of fused-ring (bicyclic) bond motifs is 1. The summed E-state index contributed by atoms with van der Waals surface area (Å²) >= 11 is 8.18. The summed E-state index contributed by atoms with van der Waals surface area (Å²) in [4.78, 5) is 31.9. The molecule has 0 saturated heterocycles. The monoisotopic (exact) mass is 533 g/mol. The number of nitrogens with zero attached hydrogens (tertiary/aromatic N) is 2. The second-order valence-corrected chi connectivity index (χ2v) is 10.7. The van der Waals surface area contributed by atoms with Gasteiger partial charge in [0.25, 0.3) is 0 Å². The van der Waals surface area contributed by atoms with Crippen molar-refractivity contribution < 1.29 is 28.3 Å². The van der Waals surface area contributed by atoms with Crippen LogP contribution in [0.2, 0.25) is 5.02 Å². The van der Waals surface area contributed by atoms with Gasteiger partial charge in [-0.2, -0.15) is 16.7 Å². The van der Waals surface area contributed by atoms with Crippen LogP contribution < -0.4 is 19.5 Å². The van der Waals surface area contributed by atoms with Gasteiger partial charge in [-0.25, -0.2) is 0 Å². The van der Waals surface area contributed by atoms with Gasteiger partial charge in [-0.1, -0.05) is 23.7 Å². The Kier molecular flexibility index (Phi) is 6.67. The number of hydrogen-bond donors (Lipinski definition) is 1. The summed E-state index contributed by atoms with van der Waals surface area (Å²) in [6.45, 7) is 1.82. The number of Topliss-reactive ketones (excluding diaryl/α,β-unsaturated/α-hetero) is 1. The molecule has 1 fully saturated rings. The van der Waals surface area contributed by atoms with Gasteiger partial charge in [-0.05, 0) is 37.7 Å². The summed E-state index contributed by atoms with van der Waals surface area (Å²) in [7, 11) is 2.90. The van der Waals surface area contributed by atoms with Gasteiger partial charge in [0.1, 0.15) is 28.1 Å². The van der Waals surface area contributed by atoms with Crippen molar-refractivity contribution in [3.8, 4) is 17.2 Å². The van der Waals surface area contributed by atoms with Crippen LogP contribution in [0.4, 0.5) is 0 Å². The highest BCUT2D eigenvalue weighted by molar-refractivity contribution is 7.98. The van der Waals surface area contributed by atoms with Crippen molar-refractivity contribution in [1.29, 1.82) is 0 Å². The molecule has 192 valence electrons. The number of aromatic nitrogens is 2. The summed E-state index contributed by atoms with van der Waals surface area (Å²) in [6.07, 6.45) is 6.79. The zero-order chi connectivity index (χ0) is 25.6. The van der Waals surface area contributed by atoms with Crippen LogP contribution in [-0.4, -0.2) is 53.5 Å². The van der Waals surface area contributed by atoms with Crippen LogP contribution in [0.1, 0.15) is 66.6 Å². The first-order chi connectivity index (χ1) is 17.3. The third kappa shape index (κ3) is 4.04. The number of methoxy groups -OCH3 is 2. The Morgan fingerprint density at radius 2 is 2.03 bits per heavy atom. The van der Waals surface area contributed by atoms with E-state index in [1.807, 2.05) is 13.2 Å². The Labute approximate surface area is 218 Å². The number of ether oxygens (including phenoxy) is 3. The number of halogens is 1. The fraction of sp³-hybridized carbons (Fsp3) is 0.520. The van der Waals surface area contributed by atoms with Crippen molar-refractivity contribution in [3.63, 3.8) is 0 Å². The Morgan fingerprint density at radius 1 is 1.28 bits per heavy atom. The van der Waals surface area contributed by atoms with Gasteiger partial charge in [-0.15, -0.1) is 0 Å². The molecule has 9 nitrogen and oxygen atoms in total. The molecular weight excluding hydrogens is 506 g/mol. The van der Waals surface area contributed by atoms with Gasteiger partial charge in [0.15, 0.2) is 11.6 Å². The Morgan fingerprint density at radius 3 is 2.67 bits per heavy atom. The molecule has 1 aromatic heterocycles. The highest BCUT2D eigenvalue weighted by atomic mass is 35.5. The lowest BCUT2D eigenvalue weighted by Gasteiger charge is -2.35. The zero-order valence-corrected chi connectivity index (χ0v) is 22.1. The maximum absolute atomic E-state index is 13.7. The van der Waals surface area contributed by atoms with Crippen LogP contribution in [-0.2, 0) is 4.79 Å². The van der Waals surface area contributed by atoms with Crippen molar-refractivity contribution in [2.75, 3.05) is 26.2 Å². The average Bonchev–Trinajstić information content (AvgIpc) is 3.51. The number of rotatable bonds is 9. The first-order valence-corrected chi connectivity index (χ1v) is 13.6.